The van der Waals surface area contributed by atoms with Crippen LogP contribution in [0.5, 0.6) is 0 Å². The van der Waals surface area contributed by atoms with Gasteiger partial charge in [0, 0.05) is 4.90 Å². The molecule has 2 nitrogen and oxygen atoms in total. The van der Waals surface area contributed by atoms with E-state index >= 15 is 0 Å². The van der Waals surface area contributed by atoms with Crippen molar-refractivity contribution in [3.05, 3.63) is 58.7 Å². The highest BCUT2D eigenvalue weighted by Gasteiger charge is 2.27. The summed E-state index contributed by atoms with van der Waals surface area (Å²) in [5.74, 6) is 0. The predicted molar refractivity (Wildman–Crippen MR) is 106 cm³/mol. The zero-order valence-electron chi connectivity index (χ0n) is 16.4. The minimum Gasteiger partial charge on any atom is -0.392 e. The second-order valence-electron chi connectivity index (χ2n) is 8.75. The average Bonchev–Trinajstić information content (AvgIpc) is 2.51. The summed E-state index contributed by atoms with van der Waals surface area (Å²) in [6.07, 6.45) is 0. The molecule has 25 heavy (non-hydrogen) atoms. The molecule has 0 aliphatic carbocycles. The topological polar surface area (TPSA) is 37.3 Å². The number of hydrogen-bond donors (Lipinski definition) is 1. The summed E-state index contributed by atoms with van der Waals surface area (Å²) in [7, 11) is -1.32. The van der Waals surface area contributed by atoms with Crippen molar-refractivity contribution in [2.75, 3.05) is 0 Å². The number of aliphatic hydroxyl groups is 1. The van der Waals surface area contributed by atoms with E-state index in [1.54, 1.807) is 0 Å². The van der Waals surface area contributed by atoms with Gasteiger partial charge in [-0.1, -0.05) is 71.4 Å². The third-order valence-electron chi connectivity index (χ3n) is 4.43. The van der Waals surface area contributed by atoms with Crippen molar-refractivity contribution in [1.82, 2.24) is 0 Å². The first-order valence-electron chi connectivity index (χ1n) is 8.72. The van der Waals surface area contributed by atoms with Gasteiger partial charge >= 0.3 is 0 Å². The summed E-state index contributed by atoms with van der Waals surface area (Å²) in [5, 5.41) is 10.0. The highest BCUT2D eigenvalue weighted by atomic mass is 32.2. The second kappa shape index (κ2) is 7.05. The summed E-state index contributed by atoms with van der Waals surface area (Å²) in [4.78, 5) is 1.53. The molecule has 0 heterocycles. The molecule has 0 amide bonds. The maximum absolute atomic E-state index is 13.4. The molecule has 0 aromatic heterocycles. The molecule has 0 aliphatic heterocycles. The van der Waals surface area contributed by atoms with Crippen LogP contribution in [0, 0.1) is 6.92 Å². The van der Waals surface area contributed by atoms with Gasteiger partial charge in [0.05, 0.1) is 22.3 Å². The average molecular weight is 359 g/mol. The fourth-order valence-corrected chi connectivity index (χ4v) is 4.34. The largest absolute Gasteiger partial charge is 0.392 e. The highest BCUT2D eigenvalue weighted by Crippen LogP contribution is 2.37. The maximum Gasteiger partial charge on any atom is 0.0856 e. The Morgan fingerprint density at radius 2 is 1.48 bits per heavy atom. The first-order valence-corrected chi connectivity index (χ1v) is 9.87. The lowest BCUT2D eigenvalue weighted by atomic mass is 9.79. The summed E-state index contributed by atoms with van der Waals surface area (Å²) < 4.78 is 13.4. The van der Waals surface area contributed by atoms with Crippen LogP contribution in [0.2, 0.25) is 0 Å². The van der Waals surface area contributed by atoms with Gasteiger partial charge in [-0.05, 0) is 46.6 Å². The lowest BCUT2D eigenvalue weighted by Crippen LogP contribution is -2.20. The van der Waals surface area contributed by atoms with Crippen LogP contribution in [0.4, 0.5) is 0 Å². The molecular formula is C22H30O2S. The third kappa shape index (κ3) is 4.39. The Bertz CT molecular complexity index is 775. The van der Waals surface area contributed by atoms with Gasteiger partial charge in [-0.15, -0.1) is 0 Å². The molecule has 0 bridgehead atoms. The van der Waals surface area contributed by atoms with Crippen LogP contribution in [0.25, 0.3) is 0 Å². The molecule has 2 aromatic carbocycles. The van der Waals surface area contributed by atoms with Gasteiger partial charge in [-0.3, -0.25) is 0 Å². The smallest absolute Gasteiger partial charge is 0.0856 e. The molecule has 136 valence electrons. The molecule has 0 aliphatic rings. The van der Waals surface area contributed by atoms with E-state index in [1.807, 2.05) is 37.3 Å². The Kier molecular flexibility index (Phi) is 5.60. The molecule has 0 saturated heterocycles. The Hall–Kier alpha value is -1.45. The number of aliphatic hydroxyl groups excluding tert-OH is 1. The number of benzene rings is 2. The van der Waals surface area contributed by atoms with Crippen molar-refractivity contribution in [1.29, 1.82) is 0 Å². The molecule has 1 N–H and O–H groups in total. The fourth-order valence-electron chi connectivity index (χ4n) is 2.80. The van der Waals surface area contributed by atoms with Crippen LogP contribution in [0.1, 0.15) is 63.8 Å². The molecule has 2 aromatic rings. The van der Waals surface area contributed by atoms with Crippen molar-refractivity contribution in [2.24, 2.45) is 0 Å². The molecule has 0 spiro atoms. The highest BCUT2D eigenvalue weighted by molar-refractivity contribution is 7.85. The van der Waals surface area contributed by atoms with Gasteiger partial charge in [-0.25, -0.2) is 4.21 Å². The van der Waals surface area contributed by atoms with E-state index in [-0.39, 0.29) is 17.4 Å². The summed E-state index contributed by atoms with van der Waals surface area (Å²) >= 11 is 0. The Morgan fingerprint density at radius 1 is 0.920 bits per heavy atom. The zero-order valence-corrected chi connectivity index (χ0v) is 17.3. The standard InChI is InChI=1S/C22H30O2S/c1-15-8-10-18(11-9-15)25(24)20-16(14-23)12-17(21(2,3)4)13-19(20)22(5,6)7/h8-13,23H,14H2,1-7H3/t25-/m0/s1. The van der Waals surface area contributed by atoms with E-state index < -0.39 is 10.8 Å². The molecule has 2 rings (SSSR count). The molecule has 3 heteroatoms. The number of aryl methyl sites for hydroxylation is 1. The summed E-state index contributed by atoms with van der Waals surface area (Å²) in [6, 6.07) is 12.0. The van der Waals surface area contributed by atoms with E-state index in [4.69, 9.17) is 0 Å². The third-order valence-corrected chi connectivity index (χ3v) is 5.98. The van der Waals surface area contributed by atoms with Gasteiger partial charge in [0.2, 0.25) is 0 Å². The van der Waals surface area contributed by atoms with E-state index in [2.05, 4.69) is 47.6 Å². The summed E-state index contributed by atoms with van der Waals surface area (Å²) in [5.41, 5.74) is 3.90. The minimum atomic E-state index is -1.32. The normalized spacial score (nSPS) is 13.8. The van der Waals surface area contributed by atoms with Crippen LogP contribution < -0.4 is 0 Å². The van der Waals surface area contributed by atoms with Crippen molar-refractivity contribution in [3.8, 4) is 0 Å². The number of rotatable bonds is 3. The van der Waals surface area contributed by atoms with E-state index in [9.17, 15) is 9.32 Å². The molecule has 0 saturated carbocycles. The second-order valence-corrected chi connectivity index (χ2v) is 10.2. The van der Waals surface area contributed by atoms with Crippen molar-refractivity contribution in [3.63, 3.8) is 0 Å². The first kappa shape index (κ1) is 19.9. The Balaban J connectivity index is 2.74. The molecular weight excluding hydrogens is 328 g/mol. The molecule has 0 fully saturated rings. The van der Waals surface area contributed by atoms with Crippen LogP contribution >= 0.6 is 0 Å². The summed E-state index contributed by atoms with van der Waals surface area (Å²) in [6.45, 7) is 14.8. The van der Waals surface area contributed by atoms with Crippen LogP contribution in [-0.4, -0.2) is 9.32 Å². The Morgan fingerprint density at radius 3 is 1.92 bits per heavy atom. The first-order chi connectivity index (χ1) is 11.4. The van der Waals surface area contributed by atoms with Crippen LogP contribution in [-0.2, 0) is 28.2 Å². The zero-order chi connectivity index (χ0) is 19.0. The SMILES string of the molecule is Cc1ccc([S@](=O)c2c(CO)cc(C(C)(C)C)cc2C(C)(C)C)cc1. The minimum absolute atomic E-state index is 0.0339. The van der Waals surface area contributed by atoms with Crippen LogP contribution in [0.15, 0.2) is 46.2 Å². The quantitative estimate of drug-likeness (QED) is 0.814. The van der Waals surface area contributed by atoms with Crippen LogP contribution in [0.3, 0.4) is 0 Å². The van der Waals surface area contributed by atoms with E-state index in [0.29, 0.717) is 0 Å². The predicted octanol–water partition coefficient (Wildman–Crippen LogP) is 5.25. The maximum atomic E-state index is 13.4. The van der Waals surface area contributed by atoms with Crippen molar-refractivity contribution in [2.45, 2.75) is 75.7 Å². The molecule has 1 atom stereocenters. The number of hydrogen-bond acceptors (Lipinski definition) is 2. The lowest BCUT2D eigenvalue weighted by molar-refractivity contribution is 0.277. The van der Waals surface area contributed by atoms with Gasteiger partial charge < -0.3 is 5.11 Å². The van der Waals surface area contributed by atoms with Gasteiger partial charge in [-0.2, -0.15) is 0 Å². The van der Waals surface area contributed by atoms with Gasteiger partial charge in [0.15, 0.2) is 0 Å². The lowest BCUT2D eigenvalue weighted by Gasteiger charge is -2.29. The Labute approximate surface area is 154 Å². The van der Waals surface area contributed by atoms with E-state index in [1.165, 1.54) is 0 Å². The molecule has 0 radical (unpaired) electrons. The van der Waals surface area contributed by atoms with E-state index in [0.717, 1.165) is 32.0 Å². The molecule has 0 unspecified atom stereocenters. The van der Waals surface area contributed by atoms with Gasteiger partial charge in [0.1, 0.15) is 0 Å². The monoisotopic (exact) mass is 358 g/mol. The van der Waals surface area contributed by atoms with Crippen molar-refractivity contribution < 1.29 is 9.32 Å². The fraction of sp³-hybridized carbons (Fsp3) is 0.455. The van der Waals surface area contributed by atoms with Crippen molar-refractivity contribution >= 4 is 10.8 Å². The van der Waals surface area contributed by atoms with Gasteiger partial charge in [0.25, 0.3) is 0 Å².